The highest BCUT2D eigenvalue weighted by Crippen LogP contribution is 2.48. The first-order valence-electron chi connectivity index (χ1n) is 6.21. The highest BCUT2D eigenvalue weighted by atomic mass is 79.9. The number of carbonyl (C=O) groups excluding carboxylic acids is 1. The Balaban J connectivity index is 2.00. The monoisotopic (exact) mass is 295 g/mol. The molecule has 0 bridgehead atoms. The Morgan fingerprint density at radius 1 is 1.29 bits per heavy atom. The van der Waals surface area contributed by atoms with Gasteiger partial charge < -0.3 is 4.90 Å². The summed E-state index contributed by atoms with van der Waals surface area (Å²) in [6, 6.07) is 8.33. The molecule has 0 heterocycles. The lowest BCUT2D eigenvalue weighted by Crippen LogP contribution is -2.32. The molecular weight excluding hydrogens is 278 g/mol. The van der Waals surface area contributed by atoms with E-state index in [1.165, 1.54) is 5.56 Å². The number of rotatable bonds is 4. The smallest absolute Gasteiger partial charge is 0.226 e. The molecule has 0 N–H and O–H groups in total. The van der Waals surface area contributed by atoms with Gasteiger partial charge in [0.15, 0.2) is 0 Å². The van der Waals surface area contributed by atoms with Gasteiger partial charge >= 0.3 is 0 Å². The molecule has 1 amide bonds. The Labute approximate surface area is 111 Å². The third kappa shape index (κ3) is 2.71. The van der Waals surface area contributed by atoms with Gasteiger partial charge in [-0.1, -0.05) is 28.1 Å². The number of carbonyl (C=O) groups is 1. The summed E-state index contributed by atoms with van der Waals surface area (Å²) in [6.45, 7) is 5.72. The quantitative estimate of drug-likeness (QED) is 0.833. The minimum absolute atomic E-state index is 0.219. The fourth-order valence-electron chi connectivity index (χ4n) is 2.32. The van der Waals surface area contributed by atoms with E-state index >= 15 is 0 Å². The van der Waals surface area contributed by atoms with Gasteiger partial charge in [0, 0.05) is 23.5 Å². The van der Waals surface area contributed by atoms with Crippen molar-refractivity contribution in [1.29, 1.82) is 0 Å². The van der Waals surface area contributed by atoms with Crippen molar-refractivity contribution in [2.24, 2.45) is 5.92 Å². The van der Waals surface area contributed by atoms with Crippen molar-refractivity contribution in [3.8, 4) is 0 Å². The number of hydrogen-bond donors (Lipinski definition) is 0. The van der Waals surface area contributed by atoms with Gasteiger partial charge in [0.25, 0.3) is 0 Å². The molecule has 17 heavy (non-hydrogen) atoms. The molecule has 0 radical (unpaired) electrons. The van der Waals surface area contributed by atoms with Gasteiger partial charge in [-0.25, -0.2) is 0 Å². The SMILES string of the molecule is CCN(CC)C(=O)[C@H]1C[C@@H]1c1ccc(Br)cc1. The second-order valence-corrected chi connectivity index (χ2v) is 5.43. The minimum atomic E-state index is 0.219. The van der Waals surface area contributed by atoms with Crippen LogP contribution in [0.5, 0.6) is 0 Å². The molecule has 0 aromatic heterocycles. The van der Waals surface area contributed by atoms with Gasteiger partial charge in [-0.2, -0.15) is 0 Å². The average Bonchev–Trinajstić information content (AvgIpc) is 3.11. The van der Waals surface area contributed by atoms with Crippen LogP contribution in [-0.4, -0.2) is 23.9 Å². The van der Waals surface area contributed by atoms with Crippen LogP contribution in [0.15, 0.2) is 28.7 Å². The van der Waals surface area contributed by atoms with Crippen LogP contribution < -0.4 is 0 Å². The van der Waals surface area contributed by atoms with E-state index in [9.17, 15) is 4.79 Å². The highest BCUT2D eigenvalue weighted by molar-refractivity contribution is 9.10. The first-order valence-corrected chi connectivity index (χ1v) is 7.00. The van der Waals surface area contributed by atoms with Crippen molar-refractivity contribution in [3.63, 3.8) is 0 Å². The normalized spacial score (nSPS) is 22.3. The molecule has 0 saturated heterocycles. The summed E-state index contributed by atoms with van der Waals surface area (Å²) in [4.78, 5) is 14.1. The standard InChI is InChI=1S/C14H18BrNO/c1-3-16(4-2)14(17)13-9-12(13)10-5-7-11(15)8-6-10/h5-8,12-13H,3-4,9H2,1-2H3/t12-,13+/m1/s1. The van der Waals surface area contributed by atoms with E-state index in [-0.39, 0.29) is 5.92 Å². The Kier molecular flexibility index (Phi) is 3.87. The fraction of sp³-hybridized carbons (Fsp3) is 0.500. The first-order chi connectivity index (χ1) is 8.17. The van der Waals surface area contributed by atoms with Gasteiger partial charge in [0.05, 0.1) is 0 Å². The third-order valence-electron chi connectivity index (χ3n) is 3.48. The predicted octanol–water partition coefficient (Wildman–Crippen LogP) is 3.42. The molecule has 1 aromatic rings. The lowest BCUT2D eigenvalue weighted by atomic mass is 10.1. The van der Waals surface area contributed by atoms with Crippen molar-refractivity contribution >= 4 is 21.8 Å². The zero-order valence-electron chi connectivity index (χ0n) is 10.3. The Bertz CT molecular complexity index is 397. The van der Waals surface area contributed by atoms with Gasteiger partial charge in [-0.3, -0.25) is 4.79 Å². The van der Waals surface area contributed by atoms with E-state index in [2.05, 4.69) is 28.1 Å². The summed E-state index contributed by atoms with van der Waals surface area (Å²) in [5.74, 6) is 0.982. The Morgan fingerprint density at radius 3 is 2.41 bits per heavy atom. The molecule has 0 aliphatic heterocycles. The van der Waals surface area contributed by atoms with Crippen molar-refractivity contribution in [1.82, 2.24) is 4.90 Å². The zero-order valence-corrected chi connectivity index (χ0v) is 11.9. The molecule has 1 aliphatic carbocycles. The van der Waals surface area contributed by atoms with Crippen LogP contribution in [0.25, 0.3) is 0 Å². The Hall–Kier alpha value is -0.830. The van der Waals surface area contributed by atoms with E-state index in [0.717, 1.165) is 24.0 Å². The number of amides is 1. The fourth-order valence-corrected chi connectivity index (χ4v) is 2.58. The van der Waals surface area contributed by atoms with Crippen molar-refractivity contribution < 1.29 is 4.79 Å². The lowest BCUT2D eigenvalue weighted by Gasteiger charge is -2.18. The zero-order chi connectivity index (χ0) is 12.4. The molecule has 1 aromatic carbocycles. The largest absolute Gasteiger partial charge is 0.343 e. The molecule has 1 fully saturated rings. The van der Waals surface area contributed by atoms with Crippen molar-refractivity contribution in [2.45, 2.75) is 26.2 Å². The summed E-state index contributed by atoms with van der Waals surface area (Å²) in [6.07, 6.45) is 1.01. The maximum absolute atomic E-state index is 12.1. The van der Waals surface area contributed by atoms with Gasteiger partial charge in [0.1, 0.15) is 0 Å². The molecule has 1 saturated carbocycles. The number of hydrogen-bond acceptors (Lipinski definition) is 1. The van der Waals surface area contributed by atoms with Crippen molar-refractivity contribution in [2.75, 3.05) is 13.1 Å². The predicted molar refractivity (Wildman–Crippen MR) is 72.9 cm³/mol. The van der Waals surface area contributed by atoms with E-state index in [1.54, 1.807) is 0 Å². The van der Waals surface area contributed by atoms with Gasteiger partial charge in [0.2, 0.25) is 5.91 Å². The molecule has 2 rings (SSSR count). The highest BCUT2D eigenvalue weighted by Gasteiger charge is 2.45. The second kappa shape index (κ2) is 5.21. The molecular formula is C14H18BrNO. The maximum atomic E-state index is 12.1. The minimum Gasteiger partial charge on any atom is -0.343 e. The van der Waals surface area contributed by atoms with Crippen LogP contribution >= 0.6 is 15.9 Å². The molecule has 2 atom stereocenters. The second-order valence-electron chi connectivity index (χ2n) is 4.51. The van der Waals surface area contributed by atoms with E-state index in [4.69, 9.17) is 0 Å². The van der Waals surface area contributed by atoms with Gasteiger partial charge in [-0.05, 0) is 43.9 Å². The van der Waals surface area contributed by atoms with E-state index in [0.29, 0.717) is 11.8 Å². The summed E-state index contributed by atoms with van der Waals surface area (Å²) in [7, 11) is 0. The van der Waals surface area contributed by atoms with Gasteiger partial charge in [-0.15, -0.1) is 0 Å². The van der Waals surface area contributed by atoms with Crippen molar-refractivity contribution in [3.05, 3.63) is 34.3 Å². The van der Waals surface area contributed by atoms with E-state index in [1.807, 2.05) is 30.9 Å². The first kappa shape index (κ1) is 12.6. The summed E-state index contributed by atoms with van der Waals surface area (Å²) in [5.41, 5.74) is 1.29. The summed E-state index contributed by atoms with van der Waals surface area (Å²) < 4.78 is 1.09. The molecule has 2 nitrogen and oxygen atoms in total. The summed E-state index contributed by atoms with van der Waals surface area (Å²) >= 11 is 3.43. The topological polar surface area (TPSA) is 20.3 Å². The number of nitrogens with zero attached hydrogens (tertiary/aromatic N) is 1. The van der Waals surface area contributed by atoms with Crippen LogP contribution in [0, 0.1) is 5.92 Å². The Morgan fingerprint density at radius 2 is 1.88 bits per heavy atom. The molecule has 1 aliphatic rings. The third-order valence-corrected chi connectivity index (χ3v) is 4.01. The van der Waals surface area contributed by atoms with Crippen LogP contribution in [0.3, 0.4) is 0 Å². The average molecular weight is 296 g/mol. The molecule has 0 spiro atoms. The lowest BCUT2D eigenvalue weighted by molar-refractivity contribution is -0.132. The maximum Gasteiger partial charge on any atom is 0.226 e. The molecule has 3 heteroatoms. The number of halogens is 1. The van der Waals surface area contributed by atoms with Crippen LogP contribution in [0.4, 0.5) is 0 Å². The molecule has 0 unspecified atom stereocenters. The summed E-state index contributed by atoms with van der Waals surface area (Å²) in [5, 5.41) is 0. The molecule has 92 valence electrons. The van der Waals surface area contributed by atoms with E-state index < -0.39 is 0 Å². The van der Waals surface area contributed by atoms with Crippen LogP contribution in [-0.2, 0) is 4.79 Å². The van der Waals surface area contributed by atoms with Crippen LogP contribution in [0.1, 0.15) is 31.7 Å². The number of benzene rings is 1. The van der Waals surface area contributed by atoms with Crippen LogP contribution in [0.2, 0.25) is 0 Å².